The van der Waals surface area contributed by atoms with Gasteiger partial charge in [0.05, 0.1) is 11.6 Å². The van der Waals surface area contributed by atoms with Crippen molar-refractivity contribution in [3.63, 3.8) is 0 Å². The van der Waals surface area contributed by atoms with Gasteiger partial charge < -0.3 is 4.98 Å². The van der Waals surface area contributed by atoms with E-state index in [9.17, 15) is 0 Å². The van der Waals surface area contributed by atoms with Gasteiger partial charge in [0.2, 0.25) is 5.95 Å². The highest BCUT2D eigenvalue weighted by atomic mass is 35.5. The van der Waals surface area contributed by atoms with Crippen LogP contribution < -0.4 is 4.42 Å². The zero-order valence-electron chi connectivity index (χ0n) is 9.19. The molecule has 18 heavy (non-hydrogen) atoms. The van der Waals surface area contributed by atoms with Gasteiger partial charge in [0, 0.05) is 28.9 Å². The van der Waals surface area contributed by atoms with Crippen LogP contribution in [0.15, 0.2) is 35.5 Å². The SMILES string of the molecule is ClC1=CN(Cl)c2nc3c4ccccc4[nH]c3n2C1. The summed E-state index contributed by atoms with van der Waals surface area (Å²) in [5.74, 6) is 0.688. The van der Waals surface area contributed by atoms with E-state index in [-0.39, 0.29) is 0 Å². The fourth-order valence-corrected chi connectivity index (χ4v) is 2.88. The van der Waals surface area contributed by atoms with Gasteiger partial charge in [0.25, 0.3) is 0 Å². The summed E-state index contributed by atoms with van der Waals surface area (Å²) < 4.78 is 3.40. The summed E-state index contributed by atoms with van der Waals surface area (Å²) in [6.45, 7) is 0.587. The van der Waals surface area contributed by atoms with Crippen LogP contribution >= 0.6 is 23.4 Å². The lowest BCUT2D eigenvalue weighted by Gasteiger charge is -2.18. The number of nitrogens with one attached hydrogen (secondary N) is 1. The van der Waals surface area contributed by atoms with Crippen LogP contribution in [0.3, 0.4) is 0 Å². The van der Waals surface area contributed by atoms with Gasteiger partial charge in [-0.05, 0) is 6.07 Å². The Balaban J connectivity index is 2.10. The number of H-pyrrole nitrogens is 1. The van der Waals surface area contributed by atoms with E-state index in [2.05, 4.69) is 9.97 Å². The summed E-state index contributed by atoms with van der Waals surface area (Å²) in [5, 5.41) is 1.77. The van der Waals surface area contributed by atoms with E-state index in [4.69, 9.17) is 23.4 Å². The van der Waals surface area contributed by atoms with Gasteiger partial charge in [-0.25, -0.2) is 9.40 Å². The maximum absolute atomic E-state index is 6.10. The van der Waals surface area contributed by atoms with Crippen LogP contribution in [0.2, 0.25) is 0 Å². The summed E-state index contributed by atoms with van der Waals surface area (Å²) in [5.41, 5.74) is 2.94. The third kappa shape index (κ3) is 1.24. The van der Waals surface area contributed by atoms with Gasteiger partial charge in [-0.3, -0.25) is 4.57 Å². The normalized spacial score (nSPS) is 15.2. The lowest BCUT2D eigenvalue weighted by Crippen LogP contribution is -2.16. The van der Waals surface area contributed by atoms with E-state index in [1.165, 1.54) is 4.42 Å². The molecule has 6 heteroatoms. The van der Waals surface area contributed by atoms with Crippen molar-refractivity contribution in [2.75, 3.05) is 4.42 Å². The first-order valence-electron chi connectivity index (χ1n) is 5.52. The van der Waals surface area contributed by atoms with Gasteiger partial charge in [0.15, 0.2) is 0 Å². The Morgan fingerprint density at radius 1 is 1.28 bits per heavy atom. The van der Waals surface area contributed by atoms with Crippen molar-refractivity contribution in [2.24, 2.45) is 0 Å². The molecule has 0 saturated carbocycles. The molecule has 3 heterocycles. The molecule has 1 N–H and O–H groups in total. The molecule has 0 bridgehead atoms. The second-order valence-corrected chi connectivity index (χ2v) is 5.10. The summed E-state index contributed by atoms with van der Waals surface area (Å²) in [6, 6.07) is 8.07. The summed E-state index contributed by atoms with van der Waals surface area (Å²) in [7, 11) is 0. The molecule has 0 saturated heterocycles. The minimum absolute atomic E-state index is 0.587. The average Bonchev–Trinajstić information content (AvgIpc) is 2.86. The Labute approximate surface area is 113 Å². The lowest BCUT2D eigenvalue weighted by atomic mass is 10.2. The smallest absolute Gasteiger partial charge is 0.227 e. The number of hydrogen-bond donors (Lipinski definition) is 1. The third-order valence-corrected chi connectivity index (χ3v) is 3.60. The largest absolute Gasteiger partial charge is 0.339 e. The number of fused-ring (bicyclic) bond motifs is 5. The van der Waals surface area contributed by atoms with Gasteiger partial charge in [-0.15, -0.1) is 0 Å². The Morgan fingerprint density at radius 2 is 2.11 bits per heavy atom. The van der Waals surface area contributed by atoms with Crippen LogP contribution in [0.1, 0.15) is 0 Å². The predicted octanol–water partition coefficient (Wildman–Crippen LogP) is 3.57. The van der Waals surface area contributed by atoms with Gasteiger partial charge in [0.1, 0.15) is 11.2 Å². The maximum Gasteiger partial charge on any atom is 0.227 e. The number of aromatic nitrogens is 3. The summed E-state index contributed by atoms with van der Waals surface area (Å²) in [6.07, 6.45) is 1.67. The molecule has 1 aliphatic heterocycles. The van der Waals surface area contributed by atoms with Crippen LogP contribution in [0, 0.1) is 0 Å². The van der Waals surface area contributed by atoms with Crippen LogP contribution in [0.25, 0.3) is 22.1 Å². The zero-order valence-corrected chi connectivity index (χ0v) is 10.7. The van der Waals surface area contributed by atoms with Crippen LogP contribution in [-0.2, 0) is 6.54 Å². The molecule has 4 rings (SSSR count). The number of rotatable bonds is 0. The van der Waals surface area contributed by atoms with Crippen molar-refractivity contribution < 1.29 is 0 Å². The molecule has 4 nitrogen and oxygen atoms in total. The average molecular weight is 279 g/mol. The predicted molar refractivity (Wildman–Crippen MR) is 73.9 cm³/mol. The molecule has 2 aromatic heterocycles. The second-order valence-electron chi connectivity index (χ2n) is 4.25. The molecule has 0 atom stereocenters. The Kier molecular flexibility index (Phi) is 1.96. The quantitative estimate of drug-likeness (QED) is 0.639. The topological polar surface area (TPSA) is 36.9 Å². The number of anilines is 1. The summed E-state index contributed by atoms with van der Waals surface area (Å²) in [4.78, 5) is 7.94. The number of hydrogen-bond acceptors (Lipinski definition) is 2. The molecule has 3 aromatic rings. The minimum atomic E-state index is 0.587. The fourth-order valence-electron chi connectivity index (χ4n) is 2.37. The highest BCUT2D eigenvalue weighted by Gasteiger charge is 2.22. The highest BCUT2D eigenvalue weighted by Crippen LogP contribution is 2.33. The number of imidazole rings is 1. The van der Waals surface area contributed by atoms with Crippen LogP contribution in [0.4, 0.5) is 5.95 Å². The van der Waals surface area contributed by atoms with E-state index in [0.717, 1.165) is 22.1 Å². The Bertz CT molecular complexity index is 799. The van der Waals surface area contributed by atoms with Gasteiger partial charge in [-0.2, -0.15) is 0 Å². The van der Waals surface area contributed by atoms with Crippen molar-refractivity contribution >= 4 is 51.4 Å². The molecular formula is C12H8Cl2N4. The van der Waals surface area contributed by atoms with E-state index in [1.54, 1.807) is 6.20 Å². The van der Waals surface area contributed by atoms with Gasteiger partial charge >= 0.3 is 0 Å². The Morgan fingerprint density at radius 3 is 3.00 bits per heavy atom. The van der Waals surface area contributed by atoms with Crippen molar-refractivity contribution in [1.29, 1.82) is 0 Å². The number of benzene rings is 1. The highest BCUT2D eigenvalue weighted by molar-refractivity contribution is 6.32. The molecule has 0 unspecified atom stereocenters. The van der Waals surface area contributed by atoms with Crippen LogP contribution in [0.5, 0.6) is 0 Å². The molecule has 0 fully saturated rings. The molecule has 0 amide bonds. The van der Waals surface area contributed by atoms with Crippen molar-refractivity contribution in [3.8, 4) is 0 Å². The molecule has 0 radical (unpaired) electrons. The molecular weight excluding hydrogens is 271 g/mol. The fraction of sp³-hybridized carbons (Fsp3) is 0.0833. The van der Waals surface area contributed by atoms with Crippen LogP contribution in [-0.4, -0.2) is 14.5 Å². The van der Waals surface area contributed by atoms with E-state index < -0.39 is 0 Å². The van der Waals surface area contributed by atoms with Gasteiger partial charge in [-0.1, -0.05) is 29.8 Å². The zero-order chi connectivity index (χ0) is 12.3. The van der Waals surface area contributed by atoms with E-state index in [0.29, 0.717) is 17.5 Å². The number of para-hydroxylation sites is 1. The molecule has 0 spiro atoms. The van der Waals surface area contributed by atoms with E-state index >= 15 is 0 Å². The monoisotopic (exact) mass is 278 g/mol. The maximum atomic E-state index is 6.10. The molecule has 1 aromatic carbocycles. The lowest BCUT2D eigenvalue weighted by molar-refractivity contribution is 0.804. The first-order chi connectivity index (χ1) is 8.74. The number of nitrogens with zero attached hydrogens (tertiary/aromatic N) is 3. The summed E-state index contributed by atoms with van der Waals surface area (Å²) >= 11 is 12.2. The van der Waals surface area contributed by atoms with Crippen molar-refractivity contribution in [3.05, 3.63) is 35.5 Å². The molecule has 0 aliphatic carbocycles. The number of aromatic amines is 1. The van der Waals surface area contributed by atoms with Crippen molar-refractivity contribution in [2.45, 2.75) is 6.54 Å². The number of allylic oxidation sites excluding steroid dienone is 1. The minimum Gasteiger partial charge on any atom is -0.339 e. The van der Waals surface area contributed by atoms with E-state index in [1.807, 2.05) is 28.8 Å². The molecule has 1 aliphatic rings. The first-order valence-corrected chi connectivity index (χ1v) is 6.24. The number of halogens is 2. The standard InChI is InChI=1S/C12H8Cl2N4/c13-7-5-17-11-10(16-12(17)18(14)6-7)8-3-1-2-4-9(8)15-11/h1-4,6,15H,5H2. The third-order valence-electron chi connectivity index (χ3n) is 3.14. The Hall–Kier alpha value is -1.65. The molecule has 90 valence electrons. The van der Waals surface area contributed by atoms with Crippen molar-refractivity contribution in [1.82, 2.24) is 14.5 Å². The first kappa shape index (κ1) is 10.3. The second kappa shape index (κ2) is 3.43.